The molecule has 0 spiro atoms. The summed E-state index contributed by atoms with van der Waals surface area (Å²) < 4.78 is 5.24. The molecule has 1 amide bonds. The SMILES string of the molecule is CCc1ccc(N(C(C)=O)c2nc(COC(=O)c3cnc(C)cn3)cs2)cc1. The monoisotopic (exact) mass is 396 g/mol. The van der Waals surface area contributed by atoms with E-state index in [2.05, 4.69) is 21.9 Å². The van der Waals surface area contributed by atoms with E-state index in [9.17, 15) is 9.59 Å². The second-order valence-electron chi connectivity index (χ2n) is 6.11. The normalized spacial score (nSPS) is 10.5. The van der Waals surface area contributed by atoms with Crippen LogP contribution in [0.2, 0.25) is 0 Å². The molecule has 2 aromatic heterocycles. The van der Waals surface area contributed by atoms with Crippen LogP contribution >= 0.6 is 11.3 Å². The van der Waals surface area contributed by atoms with Crippen molar-refractivity contribution in [2.75, 3.05) is 4.90 Å². The van der Waals surface area contributed by atoms with E-state index in [1.54, 1.807) is 17.2 Å². The van der Waals surface area contributed by atoms with Gasteiger partial charge in [0, 0.05) is 18.5 Å². The van der Waals surface area contributed by atoms with Gasteiger partial charge in [-0.1, -0.05) is 19.1 Å². The molecule has 0 bridgehead atoms. The molecule has 28 heavy (non-hydrogen) atoms. The van der Waals surface area contributed by atoms with Crippen molar-refractivity contribution in [1.82, 2.24) is 15.0 Å². The highest BCUT2D eigenvalue weighted by atomic mass is 32.1. The van der Waals surface area contributed by atoms with Crippen molar-refractivity contribution < 1.29 is 14.3 Å². The number of carbonyl (C=O) groups is 2. The number of anilines is 2. The fourth-order valence-electron chi connectivity index (χ4n) is 2.48. The fourth-order valence-corrected chi connectivity index (χ4v) is 3.36. The lowest BCUT2D eigenvalue weighted by Crippen LogP contribution is -2.22. The minimum Gasteiger partial charge on any atom is -0.454 e. The number of aryl methyl sites for hydroxylation is 2. The molecule has 2 heterocycles. The lowest BCUT2D eigenvalue weighted by atomic mass is 10.1. The molecule has 1 aromatic carbocycles. The third-order valence-electron chi connectivity index (χ3n) is 3.99. The van der Waals surface area contributed by atoms with Crippen molar-refractivity contribution in [2.24, 2.45) is 0 Å². The first-order valence-corrected chi connectivity index (χ1v) is 9.65. The second-order valence-corrected chi connectivity index (χ2v) is 6.95. The van der Waals surface area contributed by atoms with Crippen molar-refractivity contribution >= 4 is 34.0 Å². The number of carbonyl (C=O) groups excluding carboxylic acids is 2. The first-order chi connectivity index (χ1) is 13.5. The number of esters is 1. The Morgan fingerprint density at radius 3 is 2.50 bits per heavy atom. The number of amides is 1. The van der Waals surface area contributed by atoms with E-state index in [-0.39, 0.29) is 18.2 Å². The summed E-state index contributed by atoms with van der Waals surface area (Å²) in [4.78, 5) is 38.2. The smallest absolute Gasteiger partial charge is 0.358 e. The van der Waals surface area contributed by atoms with Gasteiger partial charge in [-0.15, -0.1) is 11.3 Å². The summed E-state index contributed by atoms with van der Waals surface area (Å²) in [5.74, 6) is -0.710. The Labute approximate surface area is 167 Å². The van der Waals surface area contributed by atoms with Gasteiger partial charge < -0.3 is 4.74 Å². The summed E-state index contributed by atoms with van der Waals surface area (Å²) in [6, 6.07) is 7.78. The maximum absolute atomic E-state index is 12.2. The highest BCUT2D eigenvalue weighted by Gasteiger charge is 2.18. The van der Waals surface area contributed by atoms with Crippen LogP contribution < -0.4 is 4.90 Å². The summed E-state index contributed by atoms with van der Waals surface area (Å²) in [7, 11) is 0. The number of hydrogen-bond acceptors (Lipinski definition) is 7. The van der Waals surface area contributed by atoms with Crippen LogP contribution in [-0.2, 0) is 22.6 Å². The summed E-state index contributed by atoms with van der Waals surface area (Å²) >= 11 is 1.31. The highest BCUT2D eigenvalue weighted by molar-refractivity contribution is 7.14. The van der Waals surface area contributed by atoms with Crippen molar-refractivity contribution in [2.45, 2.75) is 33.8 Å². The molecular formula is C20H20N4O3S. The summed E-state index contributed by atoms with van der Waals surface area (Å²) in [6.45, 7) is 5.35. The maximum atomic E-state index is 12.2. The van der Waals surface area contributed by atoms with Crippen LogP contribution in [0.4, 0.5) is 10.8 Å². The summed E-state index contributed by atoms with van der Waals surface area (Å²) in [5.41, 5.74) is 3.36. The minimum atomic E-state index is -0.569. The predicted octanol–water partition coefficient (Wildman–Crippen LogP) is 3.85. The molecule has 0 aliphatic carbocycles. The molecule has 7 nitrogen and oxygen atoms in total. The third kappa shape index (κ3) is 4.58. The van der Waals surface area contributed by atoms with Crippen molar-refractivity contribution in [1.29, 1.82) is 0 Å². The molecule has 0 atom stereocenters. The molecule has 0 N–H and O–H groups in total. The third-order valence-corrected chi connectivity index (χ3v) is 4.86. The Kier molecular flexibility index (Phi) is 6.10. The highest BCUT2D eigenvalue weighted by Crippen LogP contribution is 2.29. The summed E-state index contributed by atoms with van der Waals surface area (Å²) in [5, 5.41) is 2.29. The molecule has 0 fully saturated rings. The van der Waals surface area contributed by atoms with Gasteiger partial charge in [-0.05, 0) is 31.0 Å². The van der Waals surface area contributed by atoms with Crippen LogP contribution in [0, 0.1) is 6.92 Å². The zero-order valence-corrected chi connectivity index (χ0v) is 16.7. The maximum Gasteiger partial charge on any atom is 0.358 e. The van der Waals surface area contributed by atoms with Crippen LogP contribution in [0.1, 0.15) is 41.3 Å². The lowest BCUT2D eigenvalue weighted by molar-refractivity contribution is -0.115. The number of hydrogen-bond donors (Lipinski definition) is 0. The molecular weight excluding hydrogens is 376 g/mol. The largest absolute Gasteiger partial charge is 0.454 e. The number of ether oxygens (including phenoxy) is 1. The van der Waals surface area contributed by atoms with Crippen molar-refractivity contribution in [3.8, 4) is 0 Å². The van der Waals surface area contributed by atoms with Gasteiger partial charge in [0.1, 0.15) is 6.61 Å². The Bertz CT molecular complexity index is 968. The average molecular weight is 396 g/mol. The zero-order chi connectivity index (χ0) is 20.1. The van der Waals surface area contributed by atoms with E-state index in [1.807, 2.05) is 24.3 Å². The predicted molar refractivity (Wildman–Crippen MR) is 107 cm³/mol. The Hall–Kier alpha value is -3.13. The van der Waals surface area contributed by atoms with E-state index < -0.39 is 5.97 Å². The van der Waals surface area contributed by atoms with Gasteiger partial charge in [-0.2, -0.15) is 0 Å². The molecule has 3 aromatic rings. The van der Waals surface area contributed by atoms with Gasteiger partial charge in [0.05, 0.1) is 23.3 Å². The molecule has 3 rings (SSSR count). The van der Waals surface area contributed by atoms with E-state index in [1.165, 1.54) is 36.2 Å². The second kappa shape index (κ2) is 8.71. The average Bonchev–Trinajstić information content (AvgIpc) is 3.15. The van der Waals surface area contributed by atoms with Crippen molar-refractivity contribution in [3.05, 3.63) is 64.7 Å². The molecule has 0 saturated heterocycles. The van der Waals surface area contributed by atoms with E-state index in [0.29, 0.717) is 10.8 Å². The molecule has 0 aliphatic heterocycles. The Balaban J connectivity index is 1.71. The zero-order valence-electron chi connectivity index (χ0n) is 15.9. The van der Waals surface area contributed by atoms with Crippen LogP contribution in [0.3, 0.4) is 0 Å². The minimum absolute atomic E-state index is 0.00852. The quantitative estimate of drug-likeness (QED) is 0.589. The van der Waals surface area contributed by atoms with Gasteiger partial charge >= 0.3 is 5.97 Å². The Morgan fingerprint density at radius 1 is 1.14 bits per heavy atom. The first kappa shape index (κ1) is 19.6. The van der Waals surface area contributed by atoms with E-state index >= 15 is 0 Å². The molecule has 0 radical (unpaired) electrons. The fraction of sp³-hybridized carbons (Fsp3) is 0.250. The van der Waals surface area contributed by atoms with Gasteiger partial charge in [-0.25, -0.2) is 14.8 Å². The molecule has 0 aliphatic rings. The van der Waals surface area contributed by atoms with Crippen molar-refractivity contribution in [3.63, 3.8) is 0 Å². The van der Waals surface area contributed by atoms with Gasteiger partial charge in [0.2, 0.25) is 5.91 Å². The van der Waals surface area contributed by atoms with Crippen LogP contribution in [0.25, 0.3) is 0 Å². The lowest BCUT2D eigenvalue weighted by Gasteiger charge is -2.18. The van der Waals surface area contributed by atoms with Gasteiger partial charge in [-0.3, -0.25) is 14.7 Å². The number of thiazole rings is 1. The standard InChI is InChI=1S/C20H20N4O3S/c1-4-15-5-7-17(8-6-15)24(14(3)25)20-23-16(12-28-20)11-27-19(26)18-10-21-13(2)9-22-18/h5-10,12H,4,11H2,1-3H3. The topological polar surface area (TPSA) is 85.3 Å². The van der Waals surface area contributed by atoms with Crippen LogP contribution in [0.5, 0.6) is 0 Å². The van der Waals surface area contributed by atoms with E-state index in [0.717, 1.165) is 17.8 Å². The van der Waals surface area contributed by atoms with Crippen LogP contribution in [-0.4, -0.2) is 26.8 Å². The molecule has 0 saturated carbocycles. The molecule has 0 unspecified atom stereocenters. The van der Waals surface area contributed by atoms with E-state index in [4.69, 9.17) is 4.74 Å². The van der Waals surface area contributed by atoms with Gasteiger partial charge in [0.15, 0.2) is 10.8 Å². The Morgan fingerprint density at radius 2 is 1.89 bits per heavy atom. The number of rotatable bonds is 6. The number of nitrogens with zero attached hydrogens (tertiary/aromatic N) is 4. The first-order valence-electron chi connectivity index (χ1n) is 8.77. The van der Waals surface area contributed by atoms with Crippen LogP contribution in [0.15, 0.2) is 42.0 Å². The van der Waals surface area contributed by atoms with Gasteiger partial charge in [0.25, 0.3) is 0 Å². The molecule has 144 valence electrons. The number of benzene rings is 1. The molecule has 8 heteroatoms. The summed E-state index contributed by atoms with van der Waals surface area (Å²) in [6.07, 6.45) is 3.81. The number of aromatic nitrogens is 3.